The molecule has 1 heterocycles. The number of nitrogens with zero attached hydrogens (tertiary/aromatic N) is 1. The number of benzene rings is 1. The molecule has 0 bridgehead atoms. The van der Waals surface area contributed by atoms with E-state index in [-0.39, 0.29) is 11.7 Å². The lowest BCUT2D eigenvalue weighted by Crippen LogP contribution is -2.28. The highest BCUT2D eigenvalue weighted by atomic mass is 32.2. The Bertz CT molecular complexity index is 447. The van der Waals surface area contributed by atoms with Crippen LogP contribution in [0.5, 0.6) is 0 Å². The third-order valence-electron chi connectivity index (χ3n) is 2.97. The largest absolute Gasteiger partial charge is 0.409 e. The van der Waals surface area contributed by atoms with Crippen LogP contribution < -0.4 is 11.1 Å². The molecule has 0 saturated carbocycles. The van der Waals surface area contributed by atoms with E-state index in [1.54, 1.807) is 12.1 Å². The van der Waals surface area contributed by atoms with Crippen molar-refractivity contribution >= 4 is 17.6 Å². The standard InChI is InChI=1S/C12H16FN3OS/c13-11-5-8(12(14)16-17)1-2-9(11)6-15-10-3-4-18-7-10/h1-2,5,10,15,17H,3-4,6-7H2,(H2,14,16). The number of hydrogen-bond donors (Lipinski definition) is 3. The first-order valence-corrected chi connectivity index (χ1v) is 6.93. The Kier molecular flexibility index (Phi) is 4.43. The minimum atomic E-state index is -0.336. The average Bonchev–Trinajstić information content (AvgIpc) is 2.89. The van der Waals surface area contributed by atoms with Crippen molar-refractivity contribution < 1.29 is 9.60 Å². The summed E-state index contributed by atoms with van der Waals surface area (Å²) >= 11 is 1.91. The molecule has 0 aliphatic carbocycles. The molecule has 0 spiro atoms. The predicted molar refractivity (Wildman–Crippen MR) is 71.5 cm³/mol. The van der Waals surface area contributed by atoms with Crippen LogP contribution in [0.1, 0.15) is 17.5 Å². The Balaban J connectivity index is 2.00. The van der Waals surface area contributed by atoms with Crippen molar-refractivity contribution in [3.63, 3.8) is 0 Å². The number of nitrogens with one attached hydrogen (secondary N) is 1. The molecular formula is C12H16FN3OS. The molecule has 1 saturated heterocycles. The van der Waals surface area contributed by atoms with Crippen molar-refractivity contribution in [3.8, 4) is 0 Å². The summed E-state index contributed by atoms with van der Waals surface area (Å²) in [5.41, 5.74) is 6.38. The monoisotopic (exact) mass is 269 g/mol. The van der Waals surface area contributed by atoms with Crippen LogP contribution in [0.2, 0.25) is 0 Å². The minimum absolute atomic E-state index is 0.0828. The third-order valence-corrected chi connectivity index (χ3v) is 4.13. The van der Waals surface area contributed by atoms with Gasteiger partial charge >= 0.3 is 0 Å². The summed E-state index contributed by atoms with van der Waals surface area (Å²) in [4.78, 5) is 0. The normalized spacial score (nSPS) is 20.3. The van der Waals surface area contributed by atoms with E-state index in [9.17, 15) is 4.39 Å². The van der Waals surface area contributed by atoms with Crippen molar-refractivity contribution in [2.45, 2.75) is 19.0 Å². The summed E-state index contributed by atoms with van der Waals surface area (Å²) in [6.07, 6.45) is 1.13. The highest BCUT2D eigenvalue weighted by molar-refractivity contribution is 7.99. The van der Waals surface area contributed by atoms with Gasteiger partial charge in [-0.3, -0.25) is 0 Å². The molecule has 1 aliphatic heterocycles. The Labute approximate surface area is 109 Å². The van der Waals surface area contributed by atoms with Crippen LogP contribution in [0.25, 0.3) is 0 Å². The maximum Gasteiger partial charge on any atom is 0.170 e. The van der Waals surface area contributed by atoms with Gasteiger partial charge in [0.1, 0.15) is 5.82 Å². The number of oxime groups is 1. The molecule has 2 rings (SSSR count). The molecule has 1 aromatic carbocycles. The first-order chi connectivity index (χ1) is 8.70. The molecular weight excluding hydrogens is 253 g/mol. The van der Waals surface area contributed by atoms with E-state index in [1.165, 1.54) is 11.8 Å². The van der Waals surface area contributed by atoms with Crippen molar-refractivity contribution in [3.05, 3.63) is 35.1 Å². The Hall–Kier alpha value is -1.27. The van der Waals surface area contributed by atoms with Crippen molar-refractivity contribution in [2.75, 3.05) is 11.5 Å². The van der Waals surface area contributed by atoms with E-state index in [0.717, 1.165) is 12.2 Å². The molecule has 18 heavy (non-hydrogen) atoms. The SMILES string of the molecule is N/C(=N/O)c1ccc(CNC2CCSC2)c(F)c1. The first kappa shape index (κ1) is 13.2. The second-order valence-electron chi connectivity index (χ2n) is 4.23. The molecule has 1 fully saturated rings. The molecule has 4 N–H and O–H groups in total. The zero-order valence-electron chi connectivity index (χ0n) is 9.90. The van der Waals surface area contributed by atoms with Crippen LogP contribution in [-0.4, -0.2) is 28.6 Å². The van der Waals surface area contributed by atoms with Gasteiger partial charge in [-0.1, -0.05) is 17.3 Å². The van der Waals surface area contributed by atoms with Crippen molar-refractivity contribution in [1.82, 2.24) is 5.32 Å². The van der Waals surface area contributed by atoms with E-state index in [1.807, 2.05) is 11.8 Å². The Morgan fingerprint density at radius 3 is 3.06 bits per heavy atom. The quantitative estimate of drug-likeness (QED) is 0.335. The zero-order chi connectivity index (χ0) is 13.0. The maximum atomic E-state index is 13.8. The minimum Gasteiger partial charge on any atom is -0.409 e. The van der Waals surface area contributed by atoms with Gasteiger partial charge in [0.2, 0.25) is 0 Å². The summed E-state index contributed by atoms with van der Waals surface area (Å²) in [5.74, 6) is 1.84. The fraction of sp³-hybridized carbons (Fsp3) is 0.417. The van der Waals surface area contributed by atoms with Gasteiger partial charge < -0.3 is 16.3 Å². The lowest BCUT2D eigenvalue weighted by atomic mass is 10.1. The molecule has 1 aliphatic rings. The summed E-state index contributed by atoms with van der Waals surface area (Å²) in [7, 11) is 0. The molecule has 1 atom stereocenters. The summed E-state index contributed by atoms with van der Waals surface area (Å²) in [6, 6.07) is 5.07. The highest BCUT2D eigenvalue weighted by Gasteiger charge is 2.15. The number of hydrogen-bond acceptors (Lipinski definition) is 4. The lowest BCUT2D eigenvalue weighted by Gasteiger charge is -2.12. The second kappa shape index (κ2) is 6.06. The number of rotatable bonds is 4. The Morgan fingerprint density at radius 2 is 2.44 bits per heavy atom. The van der Waals surface area contributed by atoms with Gasteiger partial charge in [-0.15, -0.1) is 0 Å². The van der Waals surface area contributed by atoms with Crippen LogP contribution in [0.4, 0.5) is 4.39 Å². The van der Waals surface area contributed by atoms with Crippen LogP contribution in [0, 0.1) is 5.82 Å². The average molecular weight is 269 g/mol. The van der Waals surface area contributed by atoms with Gasteiger partial charge in [0.25, 0.3) is 0 Å². The van der Waals surface area contributed by atoms with Gasteiger partial charge in [-0.05, 0) is 18.2 Å². The zero-order valence-corrected chi connectivity index (χ0v) is 10.7. The summed E-state index contributed by atoms with van der Waals surface area (Å²) in [6.45, 7) is 0.507. The van der Waals surface area contributed by atoms with Crippen LogP contribution in [-0.2, 0) is 6.54 Å². The number of thioether (sulfide) groups is 1. The Morgan fingerprint density at radius 1 is 1.61 bits per heavy atom. The molecule has 0 radical (unpaired) electrons. The highest BCUT2D eigenvalue weighted by Crippen LogP contribution is 2.18. The van der Waals surface area contributed by atoms with Gasteiger partial charge in [-0.25, -0.2) is 4.39 Å². The molecule has 0 aromatic heterocycles. The number of halogens is 1. The second-order valence-corrected chi connectivity index (χ2v) is 5.38. The van der Waals surface area contributed by atoms with E-state index in [4.69, 9.17) is 10.9 Å². The lowest BCUT2D eigenvalue weighted by molar-refractivity contribution is 0.318. The molecule has 1 aromatic rings. The molecule has 0 amide bonds. The van der Waals surface area contributed by atoms with Crippen LogP contribution in [0.15, 0.2) is 23.4 Å². The molecule has 98 valence electrons. The van der Waals surface area contributed by atoms with Crippen molar-refractivity contribution in [1.29, 1.82) is 0 Å². The maximum absolute atomic E-state index is 13.8. The van der Waals surface area contributed by atoms with E-state index in [0.29, 0.717) is 23.7 Å². The molecule has 4 nitrogen and oxygen atoms in total. The third kappa shape index (κ3) is 3.14. The van der Waals surface area contributed by atoms with E-state index >= 15 is 0 Å². The number of nitrogens with two attached hydrogens (primary N) is 1. The topological polar surface area (TPSA) is 70.6 Å². The van der Waals surface area contributed by atoms with Gasteiger partial charge in [0.05, 0.1) is 0 Å². The van der Waals surface area contributed by atoms with Crippen LogP contribution in [0.3, 0.4) is 0 Å². The summed E-state index contributed by atoms with van der Waals surface area (Å²) in [5, 5.41) is 14.7. The predicted octanol–water partition coefficient (Wildman–Crippen LogP) is 1.52. The van der Waals surface area contributed by atoms with Gasteiger partial charge in [0.15, 0.2) is 5.84 Å². The first-order valence-electron chi connectivity index (χ1n) is 5.78. The number of amidine groups is 1. The van der Waals surface area contributed by atoms with E-state index in [2.05, 4.69) is 10.5 Å². The van der Waals surface area contributed by atoms with Gasteiger partial charge in [-0.2, -0.15) is 11.8 Å². The van der Waals surface area contributed by atoms with Crippen molar-refractivity contribution in [2.24, 2.45) is 10.9 Å². The summed E-state index contributed by atoms with van der Waals surface area (Å²) < 4.78 is 13.8. The fourth-order valence-electron chi connectivity index (χ4n) is 1.86. The molecule has 6 heteroatoms. The fourth-order valence-corrected chi connectivity index (χ4v) is 3.04. The molecule has 1 unspecified atom stereocenters. The van der Waals surface area contributed by atoms with E-state index < -0.39 is 0 Å². The smallest absolute Gasteiger partial charge is 0.170 e. The van der Waals surface area contributed by atoms with Gasteiger partial charge in [0, 0.05) is 29.5 Å². The van der Waals surface area contributed by atoms with Crippen LogP contribution >= 0.6 is 11.8 Å².